The van der Waals surface area contributed by atoms with E-state index in [1.54, 1.807) is 6.33 Å². The topological polar surface area (TPSA) is 57.4 Å². The molecule has 0 spiro atoms. The maximum absolute atomic E-state index is 9.82. The highest BCUT2D eigenvalue weighted by atomic mass is 16.3. The molecule has 118 valence electrons. The summed E-state index contributed by atoms with van der Waals surface area (Å²) in [5.41, 5.74) is 0. The van der Waals surface area contributed by atoms with Gasteiger partial charge >= 0.3 is 0 Å². The van der Waals surface area contributed by atoms with Crippen molar-refractivity contribution in [1.82, 2.24) is 24.6 Å². The number of rotatable bonds is 4. The van der Waals surface area contributed by atoms with E-state index in [9.17, 15) is 5.11 Å². The summed E-state index contributed by atoms with van der Waals surface area (Å²) >= 11 is 0. The first-order chi connectivity index (χ1) is 10.3. The summed E-state index contributed by atoms with van der Waals surface area (Å²) in [7, 11) is 0. The minimum atomic E-state index is -0.111. The number of aromatic nitrogens is 3. The third kappa shape index (κ3) is 3.62. The molecule has 0 unspecified atom stereocenters. The second-order valence-corrected chi connectivity index (χ2v) is 6.29. The Labute approximate surface area is 126 Å². The van der Waals surface area contributed by atoms with Crippen molar-refractivity contribution in [2.45, 2.75) is 57.8 Å². The van der Waals surface area contributed by atoms with Crippen molar-refractivity contribution in [2.75, 3.05) is 26.2 Å². The number of aliphatic hydroxyl groups is 1. The predicted molar refractivity (Wildman–Crippen MR) is 80.8 cm³/mol. The van der Waals surface area contributed by atoms with E-state index in [1.165, 1.54) is 12.8 Å². The molecule has 1 aromatic heterocycles. The summed E-state index contributed by atoms with van der Waals surface area (Å²) in [6.45, 7) is 8.16. The van der Waals surface area contributed by atoms with Gasteiger partial charge in [0.25, 0.3) is 0 Å². The molecule has 3 rings (SSSR count). The van der Waals surface area contributed by atoms with Crippen LogP contribution >= 0.6 is 0 Å². The molecule has 6 nitrogen and oxygen atoms in total. The minimum absolute atomic E-state index is 0.111. The number of hydrogen-bond acceptors (Lipinski definition) is 5. The van der Waals surface area contributed by atoms with Crippen molar-refractivity contribution in [3.8, 4) is 0 Å². The number of aryl methyl sites for hydroxylation is 1. The SMILES string of the molecule is CCn1ncnc1CN1CCC(N2CCC[C@H](O)C2)CC1. The van der Waals surface area contributed by atoms with E-state index in [1.807, 2.05) is 4.68 Å². The molecule has 6 heteroatoms. The van der Waals surface area contributed by atoms with Crippen LogP contribution < -0.4 is 0 Å². The number of aliphatic hydroxyl groups excluding tert-OH is 1. The van der Waals surface area contributed by atoms with Gasteiger partial charge in [0.15, 0.2) is 0 Å². The van der Waals surface area contributed by atoms with Crippen LogP contribution in [0.4, 0.5) is 0 Å². The molecular formula is C15H27N5O. The average Bonchev–Trinajstić information content (AvgIpc) is 2.95. The quantitative estimate of drug-likeness (QED) is 0.886. The fourth-order valence-corrected chi connectivity index (χ4v) is 3.63. The average molecular weight is 293 g/mol. The zero-order chi connectivity index (χ0) is 14.7. The zero-order valence-corrected chi connectivity index (χ0v) is 13.0. The summed E-state index contributed by atoms with van der Waals surface area (Å²) in [4.78, 5) is 9.35. The van der Waals surface area contributed by atoms with Crippen LogP contribution in [0.5, 0.6) is 0 Å². The van der Waals surface area contributed by atoms with E-state index >= 15 is 0 Å². The van der Waals surface area contributed by atoms with Crippen LogP contribution in [-0.4, -0.2) is 68.0 Å². The second-order valence-electron chi connectivity index (χ2n) is 6.29. The molecule has 0 aromatic carbocycles. The zero-order valence-electron chi connectivity index (χ0n) is 13.0. The first kappa shape index (κ1) is 14.9. The lowest BCUT2D eigenvalue weighted by molar-refractivity contribution is 0.0239. The van der Waals surface area contributed by atoms with E-state index < -0.39 is 0 Å². The maximum atomic E-state index is 9.82. The van der Waals surface area contributed by atoms with E-state index in [2.05, 4.69) is 26.8 Å². The summed E-state index contributed by atoms with van der Waals surface area (Å²) < 4.78 is 1.98. The maximum Gasteiger partial charge on any atom is 0.140 e. The summed E-state index contributed by atoms with van der Waals surface area (Å²) in [5.74, 6) is 1.07. The van der Waals surface area contributed by atoms with Gasteiger partial charge in [-0.15, -0.1) is 0 Å². The van der Waals surface area contributed by atoms with Gasteiger partial charge in [-0.1, -0.05) is 0 Å². The molecule has 1 N–H and O–H groups in total. The molecule has 0 saturated carbocycles. The first-order valence-corrected chi connectivity index (χ1v) is 8.27. The normalized spacial score (nSPS) is 26.3. The molecule has 0 radical (unpaired) electrons. The third-order valence-corrected chi connectivity index (χ3v) is 4.86. The number of piperidine rings is 2. The standard InChI is InChI=1S/C15H27N5O/c1-2-20-15(16-12-17-20)11-18-8-5-13(6-9-18)19-7-3-4-14(21)10-19/h12-14,21H,2-11H2,1H3/t14-/m0/s1. The van der Waals surface area contributed by atoms with Crippen LogP contribution in [0, 0.1) is 0 Å². The van der Waals surface area contributed by atoms with E-state index in [4.69, 9.17) is 0 Å². The van der Waals surface area contributed by atoms with Gasteiger partial charge < -0.3 is 5.11 Å². The highest BCUT2D eigenvalue weighted by Crippen LogP contribution is 2.21. The van der Waals surface area contributed by atoms with Gasteiger partial charge in [-0.3, -0.25) is 9.80 Å². The van der Waals surface area contributed by atoms with E-state index in [0.29, 0.717) is 6.04 Å². The Balaban J connectivity index is 1.48. The van der Waals surface area contributed by atoms with Crippen LogP contribution in [0.15, 0.2) is 6.33 Å². The van der Waals surface area contributed by atoms with Crippen molar-refractivity contribution in [3.05, 3.63) is 12.2 Å². The fraction of sp³-hybridized carbons (Fsp3) is 0.867. The third-order valence-electron chi connectivity index (χ3n) is 4.86. The second kappa shape index (κ2) is 6.85. The molecule has 3 heterocycles. The molecule has 0 aliphatic carbocycles. The summed E-state index contributed by atoms with van der Waals surface area (Å²) in [6.07, 6.45) is 6.06. The van der Waals surface area contributed by atoms with Crippen LogP contribution in [-0.2, 0) is 13.1 Å². The minimum Gasteiger partial charge on any atom is -0.392 e. The van der Waals surface area contributed by atoms with Gasteiger partial charge in [0.2, 0.25) is 0 Å². The van der Waals surface area contributed by atoms with Crippen LogP contribution in [0.2, 0.25) is 0 Å². The van der Waals surface area contributed by atoms with Crippen molar-refractivity contribution >= 4 is 0 Å². The Morgan fingerprint density at radius 1 is 1.24 bits per heavy atom. The Kier molecular flexibility index (Phi) is 4.87. The Hall–Kier alpha value is -0.980. The predicted octanol–water partition coefficient (Wildman–Crippen LogP) is 0.719. The Bertz CT molecular complexity index is 441. The lowest BCUT2D eigenvalue weighted by Gasteiger charge is -2.41. The van der Waals surface area contributed by atoms with E-state index in [0.717, 1.165) is 57.9 Å². The van der Waals surface area contributed by atoms with Gasteiger partial charge in [0.05, 0.1) is 12.6 Å². The van der Waals surface area contributed by atoms with Gasteiger partial charge in [0.1, 0.15) is 12.2 Å². The monoisotopic (exact) mass is 293 g/mol. The van der Waals surface area contributed by atoms with Gasteiger partial charge in [0, 0.05) is 32.2 Å². The van der Waals surface area contributed by atoms with Crippen LogP contribution in [0.25, 0.3) is 0 Å². The van der Waals surface area contributed by atoms with Gasteiger partial charge in [-0.2, -0.15) is 5.10 Å². The van der Waals surface area contributed by atoms with Crippen molar-refractivity contribution in [1.29, 1.82) is 0 Å². The van der Waals surface area contributed by atoms with E-state index in [-0.39, 0.29) is 6.10 Å². The molecular weight excluding hydrogens is 266 g/mol. The van der Waals surface area contributed by atoms with Crippen LogP contribution in [0.1, 0.15) is 38.4 Å². The molecule has 2 fully saturated rings. The lowest BCUT2D eigenvalue weighted by atomic mass is 9.99. The number of nitrogens with zero attached hydrogens (tertiary/aromatic N) is 5. The fourth-order valence-electron chi connectivity index (χ4n) is 3.63. The van der Waals surface area contributed by atoms with Crippen molar-refractivity contribution < 1.29 is 5.11 Å². The summed E-state index contributed by atoms with van der Waals surface area (Å²) in [6, 6.07) is 0.653. The summed E-state index contributed by atoms with van der Waals surface area (Å²) in [5, 5.41) is 14.1. The molecule has 2 aliphatic rings. The first-order valence-electron chi connectivity index (χ1n) is 8.27. The molecule has 2 aliphatic heterocycles. The molecule has 1 aromatic rings. The molecule has 2 saturated heterocycles. The highest BCUT2D eigenvalue weighted by Gasteiger charge is 2.28. The van der Waals surface area contributed by atoms with Crippen LogP contribution in [0.3, 0.4) is 0 Å². The molecule has 1 atom stereocenters. The highest BCUT2D eigenvalue weighted by molar-refractivity contribution is 4.88. The molecule has 0 amide bonds. The lowest BCUT2D eigenvalue weighted by Crippen LogP contribution is -2.49. The molecule has 21 heavy (non-hydrogen) atoms. The largest absolute Gasteiger partial charge is 0.392 e. The number of hydrogen-bond donors (Lipinski definition) is 1. The van der Waals surface area contributed by atoms with Gasteiger partial charge in [-0.25, -0.2) is 9.67 Å². The Morgan fingerprint density at radius 2 is 2.05 bits per heavy atom. The number of likely N-dealkylation sites (tertiary alicyclic amines) is 2. The van der Waals surface area contributed by atoms with Crippen molar-refractivity contribution in [2.24, 2.45) is 0 Å². The molecule has 0 bridgehead atoms. The Morgan fingerprint density at radius 3 is 2.76 bits per heavy atom. The number of β-amino-alcohol motifs (C(OH)–C–C–N with tert-alkyl or cyclic N) is 1. The smallest absolute Gasteiger partial charge is 0.140 e. The van der Waals surface area contributed by atoms with Gasteiger partial charge in [-0.05, 0) is 39.2 Å². The van der Waals surface area contributed by atoms with Crippen molar-refractivity contribution in [3.63, 3.8) is 0 Å².